The quantitative estimate of drug-likeness (QED) is 0.679. The lowest BCUT2D eigenvalue weighted by Crippen LogP contribution is -1.92. The fourth-order valence-corrected chi connectivity index (χ4v) is 1.03. The second kappa shape index (κ2) is 4.49. The number of aliphatic hydroxyl groups excluding tert-OH is 1. The first kappa shape index (κ1) is 9.57. The zero-order valence-corrected chi connectivity index (χ0v) is 7.57. The molecule has 1 heteroatoms. The molecule has 66 valence electrons. The van der Waals surface area contributed by atoms with E-state index in [0.29, 0.717) is 0 Å². The molecule has 0 aliphatic heterocycles. The second-order valence-electron chi connectivity index (χ2n) is 2.85. The minimum absolute atomic E-state index is 0.600. The molecule has 1 rings (SSSR count). The van der Waals surface area contributed by atoms with Gasteiger partial charge >= 0.3 is 0 Å². The van der Waals surface area contributed by atoms with Crippen LogP contribution in [0.4, 0.5) is 0 Å². The van der Waals surface area contributed by atoms with E-state index in [2.05, 4.69) is 5.92 Å². The highest BCUT2D eigenvalue weighted by Crippen LogP contribution is 2.14. The highest BCUT2D eigenvalue weighted by molar-refractivity contribution is 5.28. The van der Waals surface area contributed by atoms with Crippen LogP contribution < -0.4 is 0 Å². The Hall–Kier alpha value is -1.52. The lowest BCUT2D eigenvalue weighted by molar-refractivity contribution is 0.228. The van der Waals surface area contributed by atoms with Crippen molar-refractivity contribution in [3.8, 4) is 12.3 Å². The molecule has 13 heavy (non-hydrogen) atoms. The van der Waals surface area contributed by atoms with Crippen LogP contribution in [0.15, 0.2) is 42.0 Å². The molecule has 0 saturated heterocycles. The van der Waals surface area contributed by atoms with Crippen LogP contribution in [0.5, 0.6) is 0 Å². The van der Waals surface area contributed by atoms with Crippen molar-refractivity contribution in [3.05, 3.63) is 47.5 Å². The van der Waals surface area contributed by atoms with Gasteiger partial charge in [0.25, 0.3) is 0 Å². The summed E-state index contributed by atoms with van der Waals surface area (Å²) in [5.41, 5.74) is 1.61. The number of hydrogen-bond acceptors (Lipinski definition) is 1. The number of rotatable bonds is 2. The van der Waals surface area contributed by atoms with Crippen molar-refractivity contribution in [2.45, 2.75) is 13.0 Å². The van der Waals surface area contributed by atoms with Crippen LogP contribution in [0.1, 0.15) is 18.6 Å². The van der Waals surface area contributed by atoms with Gasteiger partial charge in [0.1, 0.15) is 0 Å². The molecule has 0 unspecified atom stereocenters. The number of aliphatic hydroxyl groups is 1. The highest BCUT2D eigenvalue weighted by Gasteiger charge is 2.01. The van der Waals surface area contributed by atoms with E-state index in [-0.39, 0.29) is 0 Å². The predicted molar refractivity (Wildman–Crippen MR) is 54.0 cm³/mol. The third kappa shape index (κ3) is 2.77. The largest absolute Gasteiger partial charge is 0.384 e. The smallest absolute Gasteiger partial charge is 0.0983 e. The lowest BCUT2D eigenvalue weighted by atomic mass is 10.1. The van der Waals surface area contributed by atoms with Gasteiger partial charge < -0.3 is 5.11 Å². The maximum atomic E-state index is 9.65. The molecule has 1 aromatic carbocycles. The van der Waals surface area contributed by atoms with Crippen molar-refractivity contribution in [2.24, 2.45) is 0 Å². The Bertz CT molecular complexity index is 330. The summed E-state index contributed by atoms with van der Waals surface area (Å²) in [7, 11) is 0. The summed E-state index contributed by atoms with van der Waals surface area (Å²) in [6.07, 6.45) is 6.23. The third-order valence-electron chi connectivity index (χ3n) is 1.78. The number of terminal acetylenes is 1. The maximum Gasteiger partial charge on any atom is 0.0983 e. The Labute approximate surface area is 78.7 Å². The molecule has 1 nitrogen and oxygen atoms in total. The van der Waals surface area contributed by atoms with Gasteiger partial charge in [-0.05, 0) is 24.1 Å². The second-order valence-corrected chi connectivity index (χ2v) is 2.85. The molecule has 0 amide bonds. The molecule has 0 radical (unpaired) electrons. The fraction of sp³-hybridized carbons (Fsp3) is 0.167. The number of hydrogen-bond donors (Lipinski definition) is 1. The van der Waals surface area contributed by atoms with Gasteiger partial charge in [0.2, 0.25) is 0 Å². The third-order valence-corrected chi connectivity index (χ3v) is 1.78. The molecular formula is C12H12O. The average Bonchev–Trinajstić information content (AvgIpc) is 2.19. The molecule has 0 heterocycles. The molecule has 1 aromatic rings. The van der Waals surface area contributed by atoms with E-state index in [1.807, 2.05) is 30.3 Å². The van der Waals surface area contributed by atoms with Crippen LogP contribution >= 0.6 is 0 Å². The molecule has 0 bridgehead atoms. The van der Waals surface area contributed by atoms with E-state index in [1.165, 1.54) is 0 Å². The zero-order valence-electron chi connectivity index (χ0n) is 7.57. The van der Waals surface area contributed by atoms with Crippen LogP contribution in [0, 0.1) is 12.3 Å². The van der Waals surface area contributed by atoms with E-state index in [4.69, 9.17) is 6.42 Å². The molecule has 0 aromatic heterocycles. The van der Waals surface area contributed by atoms with Crippen LogP contribution in [-0.2, 0) is 0 Å². The van der Waals surface area contributed by atoms with Crippen LogP contribution in [-0.4, -0.2) is 5.11 Å². The molecule has 0 aliphatic rings. The monoisotopic (exact) mass is 172 g/mol. The van der Waals surface area contributed by atoms with Crippen molar-refractivity contribution in [2.75, 3.05) is 0 Å². The Morgan fingerprint density at radius 2 is 2.08 bits per heavy atom. The summed E-state index contributed by atoms with van der Waals surface area (Å²) in [6.45, 7) is 1.80. The SMILES string of the molecule is C#C/C(C)=C\[C@H](O)c1ccccc1. The standard InChI is InChI=1S/C12H12O/c1-3-10(2)9-12(13)11-7-5-4-6-8-11/h1,4-9,12-13H,2H3/b10-9-/t12-/m0/s1. The Balaban J connectivity index is 2.82. The van der Waals surface area contributed by atoms with Crippen LogP contribution in [0.25, 0.3) is 0 Å². The van der Waals surface area contributed by atoms with E-state index >= 15 is 0 Å². The number of benzene rings is 1. The van der Waals surface area contributed by atoms with Crippen LogP contribution in [0.3, 0.4) is 0 Å². The molecule has 0 saturated carbocycles. The number of allylic oxidation sites excluding steroid dienone is 1. The first-order chi connectivity index (χ1) is 6.24. The Kier molecular flexibility index (Phi) is 3.31. The van der Waals surface area contributed by atoms with Gasteiger partial charge in [-0.2, -0.15) is 0 Å². The van der Waals surface area contributed by atoms with Gasteiger partial charge in [-0.25, -0.2) is 0 Å². The van der Waals surface area contributed by atoms with Crippen molar-refractivity contribution in [1.29, 1.82) is 0 Å². The van der Waals surface area contributed by atoms with E-state index in [0.717, 1.165) is 11.1 Å². The normalized spacial score (nSPS) is 13.5. The summed E-state index contributed by atoms with van der Waals surface area (Å²) in [5, 5.41) is 9.65. The van der Waals surface area contributed by atoms with Gasteiger partial charge in [-0.15, -0.1) is 6.42 Å². The van der Waals surface area contributed by atoms with Gasteiger partial charge in [0.05, 0.1) is 6.10 Å². The fourth-order valence-electron chi connectivity index (χ4n) is 1.03. The summed E-state index contributed by atoms with van der Waals surface area (Å²) in [5.74, 6) is 2.47. The molecule has 0 aliphatic carbocycles. The molecular weight excluding hydrogens is 160 g/mol. The first-order valence-corrected chi connectivity index (χ1v) is 4.12. The van der Waals surface area contributed by atoms with Crippen molar-refractivity contribution < 1.29 is 5.11 Å². The maximum absolute atomic E-state index is 9.65. The summed E-state index contributed by atoms with van der Waals surface area (Å²) in [4.78, 5) is 0. The van der Waals surface area contributed by atoms with Crippen LogP contribution in [0.2, 0.25) is 0 Å². The minimum Gasteiger partial charge on any atom is -0.384 e. The van der Waals surface area contributed by atoms with Gasteiger partial charge in [-0.1, -0.05) is 36.3 Å². The van der Waals surface area contributed by atoms with E-state index in [1.54, 1.807) is 13.0 Å². The molecule has 0 fully saturated rings. The summed E-state index contributed by atoms with van der Waals surface area (Å²) in [6, 6.07) is 9.42. The Morgan fingerprint density at radius 3 is 2.62 bits per heavy atom. The van der Waals surface area contributed by atoms with Gasteiger partial charge in [-0.3, -0.25) is 0 Å². The lowest BCUT2D eigenvalue weighted by Gasteiger charge is -2.05. The first-order valence-electron chi connectivity index (χ1n) is 4.12. The van der Waals surface area contributed by atoms with E-state index < -0.39 is 6.10 Å². The average molecular weight is 172 g/mol. The summed E-state index contributed by atoms with van der Waals surface area (Å²) < 4.78 is 0. The van der Waals surface area contributed by atoms with Crippen molar-refractivity contribution in [3.63, 3.8) is 0 Å². The molecule has 0 spiro atoms. The van der Waals surface area contributed by atoms with Gasteiger partial charge in [0, 0.05) is 0 Å². The summed E-state index contributed by atoms with van der Waals surface area (Å²) >= 11 is 0. The topological polar surface area (TPSA) is 20.2 Å². The van der Waals surface area contributed by atoms with Gasteiger partial charge in [0.15, 0.2) is 0 Å². The molecule has 1 atom stereocenters. The van der Waals surface area contributed by atoms with E-state index in [9.17, 15) is 5.11 Å². The minimum atomic E-state index is -0.600. The van der Waals surface area contributed by atoms with Crippen molar-refractivity contribution >= 4 is 0 Å². The zero-order chi connectivity index (χ0) is 9.68. The van der Waals surface area contributed by atoms with Crippen molar-refractivity contribution in [1.82, 2.24) is 0 Å². The Morgan fingerprint density at radius 1 is 1.46 bits per heavy atom. The predicted octanol–water partition coefficient (Wildman–Crippen LogP) is 2.30. The molecule has 1 N–H and O–H groups in total. The highest BCUT2D eigenvalue weighted by atomic mass is 16.3.